The predicted octanol–water partition coefficient (Wildman–Crippen LogP) is 5.77. The Morgan fingerprint density at radius 2 is 1.60 bits per heavy atom. The SMILES string of the molecule is C=C(C)c1c(Cl)cc(SC)cc1Cl.CC. The normalized spacial score (nSPS) is 9.20. The molecular weight excluding hydrogens is 247 g/mol. The molecule has 0 saturated heterocycles. The summed E-state index contributed by atoms with van der Waals surface area (Å²) in [7, 11) is 0. The average Bonchev–Trinajstić information content (AvgIpc) is 2.19. The number of rotatable bonds is 2. The van der Waals surface area contributed by atoms with Gasteiger partial charge in [0.15, 0.2) is 0 Å². The van der Waals surface area contributed by atoms with E-state index in [1.54, 1.807) is 11.8 Å². The number of hydrogen-bond donors (Lipinski definition) is 0. The van der Waals surface area contributed by atoms with Crippen molar-refractivity contribution in [2.75, 3.05) is 6.26 Å². The molecule has 0 spiro atoms. The van der Waals surface area contributed by atoms with Gasteiger partial charge in [-0.15, -0.1) is 11.8 Å². The Balaban J connectivity index is 0.000000921. The van der Waals surface area contributed by atoms with Gasteiger partial charge in [-0.2, -0.15) is 0 Å². The van der Waals surface area contributed by atoms with Crippen LogP contribution in [0.25, 0.3) is 5.57 Å². The van der Waals surface area contributed by atoms with Crippen molar-refractivity contribution in [3.05, 3.63) is 34.3 Å². The van der Waals surface area contributed by atoms with Gasteiger partial charge in [-0.25, -0.2) is 0 Å². The Morgan fingerprint density at radius 3 is 1.87 bits per heavy atom. The van der Waals surface area contributed by atoms with Gasteiger partial charge in [-0.1, -0.05) is 43.6 Å². The van der Waals surface area contributed by atoms with E-state index in [1.807, 2.05) is 39.2 Å². The highest BCUT2D eigenvalue weighted by Gasteiger charge is 2.07. The molecule has 1 rings (SSSR count). The Kier molecular flexibility index (Phi) is 7.16. The summed E-state index contributed by atoms with van der Waals surface area (Å²) in [6, 6.07) is 3.81. The molecule has 1 aromatic carbocycles. The van der Waals surface area contributed by atoms with Gasteiger partial charge < -0.3 is 0 Å². The van der Waals surface area contributed by atoms with Crippen LogP contribution >= 0.6 is 35.0 Å². The summed E-state index contributed by atoms with van der Waals surface area (Å²) in [4.78, 5) is 1.07. The lowest BCUT2D eigenvalue weighted by atomic mass is 10.1. The van der Waals surface area contributed by atoms with Gasteiger partial charge in [0.25, 0.3) is 0 Å². The highest BCUT2D eigenvalue weighted by molar-refractivity contribution is 7.98. The smallest absolute Gasteiger partial charge is 0.0506 e. The second-order valence-corrected chi connectivity index (χ2v) is 4.44. The fourth-order valence-corrected chi connectivity index (χ4v) is 2.49. The number of halogens is 2. The molecule has 0 bridgehead atoms. The summed E-state index contributed by atoms with van der Waals surface area (Å²) in [5.41, 5.74) is 1.74. The summed E-state index contributed by atoms with van der Waals surface area (Å²) in [6.07, 6.45) is 1.99. The highest BCUT2D eigenvalue weighted by atomic mass is 35.5. The second-order valence-electron chi connectivity index (χ2n) is 2.75. The van der Waals surface area contributed by atoms with Crippen LogP contribution in [0.5, 0.6) is 0 Å². The van der Waals surface area contributed by atoms with Gasteiger partial charge in [0.2, 0.25) is 0 Å². The van der Waals surface area contributed by atoms with E-state index < -0.39 is 0 Å². The van der Waals surface area contributed by atoms with E-state index in [-0.39, 0.29) is 0 Å². The van der Waals surface area contributed by atoms with Crippen molar-refractivity contribution in [1.29, 1.82) is 0 Å². The molecule has 0 radical (unpaired) electrons. The van der Waals surface area contributed by atoms with Gasteiger partial charge in [-0.3, -0.25) is 0 Å². The first-order valence-corrected chi connectivity index (χ1v) is 6.73. The monoisotopic (exact) mass is 262 g/mol. The van der Waals surface area contributed by atoms with Crippen molar-refractivity contribution in [1.82, 2.24) is 0 Å². The molecule has 0 aliphatic rings. The minimum absolute atomic E-state index is 0.671. The molecule has 0 nitrogen and oxygen atoms in total. The first-order valence-electron chi connectivity index (χ1n) is 4.75. The lowest BCUT2D eigenvalue weighted by Crippen LogP contribution is -1.84. The Morgan fingerprint density at radius 1 is 1.20 bits per heavy atom. The van der Waals surface area contributed by atoms with E-state index in [4.69, 9.17) is 23.2 Å². The van der Waals surface area contributed by atoms with Crippen molar-refractivity contribution in [3.63, 3.8) is 0 Å². The van der Waals surface area contributed by atoms with Gasteiger partial charge in [0.1, 0.15) is 0 Å². The summed E-state index contributed by atoms with van der Waals surface area (Å²) in [5, 5.41) is 1.34. The van der Waals surface area contributed by atoms with Crippen LogP contribution in [0, 0.1) is 0 Å². The second kappa shape index (κ2) is 7.21. The summed E-state index contributed by atoms with van der Waals surface area (Å²) < 4.78 is 0. The summed E-state index contributed by atoms with van der Waals surface area (Å²) in [5.74, 6) is 0. The fourth-order valence-electron chi connectivity index (χ4n) is 1.08. The highest BCUT2D eigenvalue weighted by Crippen LogP contribution is 2.34. The van der Waals surface area contributed by atoms with Crippen molar-refractivity contribution in [2.24, 2.45) is 0 Å². The molecule has 0 aromatic heterocycles. The first kappa shape index (κ1) is 14.9. The quantitative estimate of drug-likeness (QED) is 0.610. The zero-order valence-electron chi connectivity index (χ0n) is 9.53. The van der Waals surface area contributed by atoms with Crippen molar-refractivity contribution in [3.8, 4) is 0 Å². The molecule has 0 heterocycles. The van der Waals surface area contributed by atoms with Crippen LogP contribution in [0.15, 0.2) is 23.6 Å². The molecular formula is C12H16Cl2S. The number of thioether (sulfide) groups is 1. The molecule has 1 aromatic rings. The molecule has 0 aliphatic heterocycles. The van der Waals surface area contributed by atoms with E-state index in [1.165, 1.54) is 0 Å². The summed E-state index contributed by atoms with van der Waals surface area (Å²) >= 11 is 13.7. The molecule has 0 saturated carbocycles. The third-order valence-electron chi connectivity index (χ3n) is 1.68. The van der Waals surface area contributed by atoms with Crippen LogP contribution in [0.1, 0.15) is 26.3 Å². The van der Waals surface area contributed by atoms with Crippen molar-refractivity contribution < 1.29 is 0 Å². The number of hydrogen-bond acceptors (Lipinski definition) is 1. The zero-order chi connectivity index (χ0) is 12.0. The van der Waals surface area contributed by atoms with E-state index >= 15 is 0 Å². The zero-order valence-corrected chi connectivity index (χ0v) is 11.9. The van der Waals surface area contributed by atoms with Crippen LogP contribution in [-0.4, -0.2) is 6.26 Å². The lowest BCUT2D eigenvalue weighted by Gasteiger charge is -2.07. The minimum Gasteiger partial charge on any atom is -0.129 e. The number of benzene rings is 1. The van der Waals surface area contributed by atoms with Gasteiger partial charge in [0, 0.05) is 10.5 Å². The molecule has 0 atom stereocenters. The maximum absolute atomic E-state index is 6.05. The van der Waals surface area contributed by atoms with E-state index in [0.717, 1.165) is 16.0 Å². The predicted molar refractivity (Wildman–Crippen MR) is 74.3 cm³/mol. The standard InChI is InChI=1S/C10H10Cl2S.C2H6/c1-6(2)10-8(11)4-7(13-3)5-9(10)12;1-2/h4-5H,1H2,2-3H3;1-2H3. The third-order valence-corrected chi connectivity index (χ3v) is 2.98. The van der Waals surface area contributed by atoms with Crippen LogP contribution in [-0.2, 0) is 0 Å². The molecule has 0 amide bonds. The maximum Gasteiger partial charge on any atom is 0.0506 e. The molecule has 15 heavy (non-hydrogen) atoms. The van der Waals surface area contributed by atoms with E-state index in [9.17, 15) is 0 Å². The average molecular weight is 263 g/mol. The Bertz CT molecular complexity index is 322. The molecule has 84 valence electrons. The van der Waals surface area contributed by atoms with Crippen molar-refractivity contribution in [2.45, 2.75) is 25.7 Å². The molecule has 0 unspecified atom stereocenters. The minimum atomic E-state index is 0.671. The van der Waals surface area contributed by atoms with Crippen LogP contribution < -0.4 is 0 Å². The van der Waals surface area contributed by atoms with Crippen LogP contribution in [0.2, 0.25) is 10.0 Å². The third kappa shape index (κ3) is 4.10. The van der Waals surface area contributed by atoms with Crippen LogP contribution in [0.4, 0.5) is 0 Å². The molecule has 3 heteroatoms. The summed E-state index contributed by atoms with van der Waals surface area (Å²) in [6.45, 7) is 9.72. The van der Waals surface area contributed by atoms with E-state index in [2.05, 4.69) is 6.58 Å². The Hall–Kier alpha value is -0.110. The molecule has 0 aliphatic carbocycles. The first-order chi connectivity index (χ1) is 7.06. The van der Waals surface area contributed by atoms with Gasteiger partial charge in [-0.05, 0) is 30.9 Å². The van der Waals surface area contributed by atoms with Crippen LogP contribution in [0.3, 0.4) is 0 Å². The fraction of sp³-hybridized carbons (Fsp3) is 0.333. The lowest BCUT2D eigenvalue weighted by molar-refractivity contribution is 1.43. The maximum atomic E-state index is 6.05. The van der Waals surface area contributed by atoms with E-state index in [0.29, 0.717) is 10.0 Å². The Labute approximate surface area is 107 Å². The van der Waals surface area contributed by atoms with Crippen molar-refractivity contribution >= 4 is 40.5 Å². The van der Waals surface area contributed by atoms with Gasteiger partial charge in [0.05, 0.1) is 10.0 Å². The molecule has 0 N–H and O–H groups in total. The largest absolute Gasteiger partial charge is 0.129 e. The number of allylic oxidation sites excluding steroid dienone is 1. The van der Waals surface area contributed by atoms with Gasteiger partial charge >= 0.3 is 0 Å². The topological polar surface area (TPSA) is 0 Å². The molecule has 0 fully saturated rings.